The van der Waals surface area contributed by atoms with Crippen LogP contribution >= 0.6 is 15.9 Å². The summed E-state index contributed by atoms with van der Waals surface area (Å²) in [7, 11) is 3.48. The molecule has 0 unspecified atom stereocenters. The van der Waals surface area contributed by atoms with E-state index in [4.69, 9.17) is 4.74 Å². The average molecular weight is 500 g/mol. The van der Waals surface area contributed by atoms with Crippen LogP contribution in [0.4, 0.5) is 5.69 Å². The van der Waals surface area contributed by atoms with Gasteiger partial charge in [-0.25, -0.2) is 0 Å². The molecule has 0 aliphatic carbocycles. The molecule has 0 aromatic heterocycles. The highest BCUT2D eigenvalue weighted by Gasteiger charge is 2.45. The van der Waals surface area contributed by atoms with Gasteiger partial charge in [-0.05, 0) is 51.7 Å². The van der Waals surface area contributed by atoms with E-state index in [9.17, 15) is 4.79 Å². The molecule has 0 spiro atoms. The molecule has 4 rings (SSSR count). The molecule has 0 aliphatic rings. The van der Waals surface area contributed by atoms with Gasteiger partial charge in [-0.2, -0.15) is 0 Å². The minimum absolute atomic E-state index is 0.0450. The number of methoxy groups -OCH3 is 1. The summed E-state index contributed by atoms with van der Waals surface area (Å²) in [5, 5.41) is 0. The van der Waals surface area contributed by atoms with E-state index in [1.165, 1.54) is 0 Å². The standard InChI is InChI=1S/C29H26BrNO2/c1-21-26(33-3)20-19-25(27(21)30)31(2)28(32)29(22-13-7-4-8-14-22,23-15-9-5-10-16-23)24-17-11-6-12-18-24/h4-20H,1-3H3. The number of nitrogens with zero attached hydrogens (tertiary/aromatic N) is 1. The van der Waals surface area contributed by atoms with Crippen LogP contribution in [0.15, 0.2) is 108 Å². The number of anilines is 1. The van der Waals surface area contributed by atoms with Crippen LogP contribution in [0.25, 0.3) is 0 Å². The molecule has 0 heterocycles. The first-order valence-electron chi connectivity index (χ1n) is 10.8. The lowest BCUT2D eigenvalue weighted by Crippen LogP contribution is -2.47. The maximum absolute atomic E-state index is 14.7. The topological polar surface area (TPSA) is 29.5 Å². The van der Waals surface area contributed by atoms with E-state index in [2.05, 4.69) is 15.9 Å². The largest absolute Gasteiger partial charge is 0.496 e. The van der Waals surface area contributed by atoms with E-state index in [1.54, 1.807) is 12.0 Å². The Morgan fingerprint density at radius 3 is 1.58 bits per heavy atom. The Bertz CT molecular complexity index is 1140. The summed E-state index contributed by atoms with van der Waals surface area (Å²) < 4.78 is 6.30. The van der Waals surface area contributed by atoms with Gasteiger partial charge in [0.15, 0.2) is 0 Å². The molecular weight excluding hydrogens is 474 g/mol. The number of halogens is 1. The third-order valence-electron chi connectivity index (χ3n) is 6.14. The maximum Gasteiger partial charge on any atom is 0.246 e. The third kappa shape index (κ3) is 3.96. The summed E-state index contributed by atoms with van der Waals surface area (Å²) in [5.74, 6) is 0.725. The van der Waals surface area contributed by atoms with Crippen molar-refractivity contribution in [1.82, 2.24) is 0 Å². The average Bonchev–Trinajstić information content (AvgIpc) is 2.87. The fraction of sp³-hybridized carbons (Fsp3) is 0.138. The van der Waals surface area contributed by atoms with Crippen LogP contribution in [-0.2, 0) is 10.2 Å². The number of carbonyl (C=O) groups excluding carboxylic acids is 1. The second kappa shape index (κ2) is 9.63. The van der Waals surface area contributed by atoms with Crippen molar-refractivity contribution < 1.29 is 9.53 Å². The highest BCUT2D eigenvalue weighted by Crippen LogP contribution is 2.43. The number of benzene rings is 4. The molecule has 0 saturated heterocycles. The van der Waals surface area contributed by atoms with Crippen molar-refractivity contribution in [2.24, 2.45) is 0 Å². The Morgan fingerprint density at radius 1 is 0.758 bits per heavy atom. The number of carbonyl (C=O) groups is 1. The Balaban J connectivity index is 1.99. The van der Waals surface area contributed by atoms with Gasteiger partial charge in [-0.15, -0.1) is 0 Å². The van der Waals surface area contributed by atoms with Crippen LogP contribution in [0, 0.1) is 6.92 Å². The molecule has 4 aromatic rings. The van der Waals surface area contributed by atoms with Gasteiger partial charge < -0.3 is 9.64 Å². The second-order valence-corrected chi connectivity index (χ2v) is 8.73. The van der Waals surface area contributed by atoms with Crippen molar-refractivity contribution in [3.63, 3.8) is 0 Å². The van der Waals surface area contributed by atoms with Gasteiger partial charge in [0.2, 0.25) is 5.91 Å². The molecular formula is C29H26BrNO2. The first-order chi connectivity index (χ1) is 16.0. The molecule has 0 saturated carbocycles. The van der Waals surface area contributed by atoms with E-state index >= 15 is 0 Å². The Morgan fingerprint density at radius 2 is 1.18 bits per heavy atom. The smallest absolute Gasteiger partial charge is 0.246 e. The number of hydrogen-bond donors (Lipinski definition) is 0. The summed E-state index contributed by atoms with van der Waals surface area (Å²) >= 11 is 3.70. The van der Waals surface area contributed by atoms with Crippen LogP contribution in [0.1, 0.15) is 22.3 Å². The molecule has 1 amide bonds. The molecule has 0 N–H and O–H groups in total. The zero-order chi connectivity index (χ0) is 23.4. The number of likely N-dealkylation sites (N-methyl/N-ethyl adjacent to an activating group) is 1. The van der Waals surface area contributed by atoms with E-state index in [0.29, 0.717) is 0 Å². The van der Waals surface area contributed by atoms with Gasteiger partial charge >= 0.3 is 0 Å². The Hall–Kier alpha value is -3.37. The van der Waals surface area contributed by atoms with E-state index in [0.717, 1.165) is 38.2 Å². The van der Waals surface area contributed by atoms with Gasteiger partial charge in [0.25, 0.3) is 0 Å². The molecule has 166 valence electrons. The van der Waals surface area contributed by atoms with Gasteiger partial charge in [0.1, 0.15) is 11.2 Å². The van der Waals surface area contributed by atoms with Crippen molar-refractivity contribution in [3.8, 4) is 5.75 Å². The van der Waals surface area contributed by atoms with Crippen LogP contribution in [0.5, 0.6) is 5.75 Å². The lowest BCUT2D eigenvalue weighted by molar-refractivity contribution is -0.121. The van der Waals surface area contributed by atoms with Crippen LogP contribution in [0.3, 0.4) is 0 Å². The second-order valence-electron chi connectivity index (χ2n) is 7.94. The molecule has 0 radical (unpaired) electrons. The SMILES string of the molecule is COc1ccc(N(C)C(=O)C(c2ccccc2)(c2ccccc2)c2ccccc2)c(Br)c1C. The number of rotatable bonds is 6. The Labute approximate surface area is 203 Å². The zero-order valence-electron chi connectivity index (χ0n) is 19.0. The minimum Gasteiger partial charge on any atom is -0.496 e. The van der Waals surface area contributed by atoms with Gasteiger partial charge in [0, 0.05) is 17.1 Å². The third-order valence-corrected chi connectivity index (χ3v) is 7.14. The van der Waals surface area contributed by atoms with Crippen LogP contribution < -0.4 is 9.64 Å². The summed E-state index contributed by atoms with van der Waals surface area (Å²) in [6.45, 7) is 1.98. The zero-order valence-corrected chi connectivity index (χ0v) is 20.5. The number of amides is 1. The van der Waals surface area contributed by atoms with E-state index in [1.807, 2.05) is 117 Å². The predicted molar refractivity (Wildman–Crippen MR) is 138 cm³/mol. The fourth-order valence-electron chi connectivity index (χ4n) is 4.43. The summed E-state index contributed by atoms with van der Waals surface area (Å²) in [4.78, 5) is 16.4. The fourth-order valence-corrected chi connectivity index (χ4v) is 5.02. The quantitative estimate of drug-likeness (QED) is 0.274. The van der Waals surface area contributed by atoms with Crippen molar-refractivity contribution in [2.45, 2.75) is 12.3 Å². The van der Waals surface area contributed by atoms with Gasteiger partial charge in [-0.1, -0.05) is 91.0 Å². The highest BCUT2D eigenvalue weighted by molar-refractivity contribution is 9.10. The van der Waals surface area contributed by atoms with Crippen molar-refractivity contribution >= 4 is 27.5 Å². The number of hydrogen-bond acceptors (Lipinski definition) is 2. The summed E-state index contributed by atoms with van der Waals surface area (Å²) in [6.07, 6.45) is 0. The molecule has 4 heteroatoms. The van der Waals surface area contributed by atoms with Crippen molar-refractivity contribution in [3.05, 3.63) is 130 Å². The van der Waals surface area contributed by atoms with Crippen LogP contribution in [-0.4, -0.2) is 20.1 Å². The van der Waals surface area contributed by atoms with Gasteiger partial charge in [-0.3, -0.25) is 4.79 Å². The van der Waals surface area contributed by atoms with E-state index in [-0.39, 0.29) is 5.91 Å². The van der Waals surface area contributed by atoms with E-state index < -0.39 is 5.41 Å². The predicted octanol–water partition coefficient (Wildman–Crippen LogP) is 6.76. The lowest BCUT2D eigenvalue weighted by atomic mass is 9.68. The molecule has 0 atom stereocenters. The van der Waals surface area contributed by atoms with Crippen molar-refractivity contribution in [1.29, 1.82) is 0 Å². The molecule has 0 aliphatic heterocycles. The van der Waals surface area contributed by atoms with Gasteiger partial charge in [0.05, 0.1) is 12.8 Å². The first-order valence-corrected chi connectivity index (χ1v) is 11.6. The molecule has 4 aromatic carbocycles. The van der Waals surface area contributed by atoms with Crippen molar-refractivity contribution in [2.75, 3.05) is 19.1 Å². The molecule has 0 bridgehead atoms. The molecule has 33 heavy (non-hydrogen) atoms. The Kier molecular flexibility index (Phi) is 6.66. The maximum atomic E-state index is 14.7. The molecule has 0 fully saturated rings. The normalized spacial score (nSPS) is 11.2. The number of ether oxygens (including phenoxy) is 1. The summed E-state index contributed by atoms with van der Waals surface area (Å²) in [6, 6.07) is 33.8. The first kappa shape index (κ1) is 22.8. The molecule has 3 nitrogen and oxygen atoms in total. The summed E-state index contributed by atoms with van der Waals surface area (Å²) in [5.41, 5.74) is 3.46. The monoisotopic (exact) mass is 499 g/mol. The minimum atomic E-state index is -1.02. The van der Waals surface area contributed by atoms with Crippen LogP contribution in [0.2, 0.25) is 0 Å². The highest BCUT2D eigenvalue weighted by atomic mass is 79.9. The lowest BCUT2D eigenvalue weighted by Gasteiger charge is -2.38.